The third-order valence-electron chi connectivity index (χ3n) is 2.95. The maximum atomic E-state index is 12.1. The molecule has 0 fully saturated rings. The van der Waals surface area contributed by atoms with Gasteiger partial charge in [0.25, 0.3) is 5.56 Å². The molecule has 2 aromatic rings. The molecule has 0 saturated heterocycles. The van der Waals surface area contributed by atoms with Crippen molar-refractivity contribution in [3.05, 3.63) is 46.5 Å². The van der Waals surface area contributed by atoms with E-state index in [2.05, 4.69) is 29.2 Å². The molecule has 2 heterocycles. The van der Waals surface area contributed by atoms with E-state index in [0.29, 0.717) is 18.3 Å². The van der Waals surface area contributed by atoms with Gasteiger partial charge in [0.15, 0.2) is 0 Å². The summed E-state index contributed by atoms with van der Waals surface area (Å²) in [5.41, 5.74) is 1.40. The van der Waals surface area contributed by atoms with Crippen molar-refractivity contribution in [3.8, 4) is 5.88 Å². The molecule has 6 heteroatoms. The minimum Gasteiger partial charge on any atom is -0.481 e. The molecule has 0 aliphatic carbocycles. The van der Waals surface area contributed by atoms with Gasteiger partial charge in [0.05, 0.1) is 25.5 Å². The fourth-order valence-corrected chi connectivity index (χ4v) is 1.86. The summed E-state index contributed by atoms with van der Waals surface area (Å²) in [6.07, 6.45) is 3.31. The summed E-state index contributed by atoms with van der Waals surface area (Å²) in [7, 11) is 1.56. The van der Waals surface area contributed by atoms with Crippen molar-refractivity contribution in [1.29, 1.82) is 0 Å². The number of ether oxygens (including phenoxy) is 1. The van der Waals surface area contributed by atoms with Gasteiger partial charge in [0, 0.05) is 24.4 Å². The summed E-state index contributed by atoms with van der Waals surface area (Å²) in [5.74, 6) is 1.01. The van der Waals surface area contributed by atoms with Crippen LogP contribution in [-0.2, 0) is 6.54 Å². The zero-order chi connectivity index (χ0) is 15.2. The molecule has 6 nitrogen and oxygen atoms in total. The highest BCUT2D eigenvalue weighted by molar-refractivity contribution is 5.38. The molecule has 0 amide bonds. The summed E-state index contributed by atoms with van der Waals surface area (Å²) < 4.78 is 6.57. The lowest BCUT2D eigenvalue weighted by molar-refractivity contribution is 0.389. The lowest BCUT2D eigenvalue weighted by Crippen LogP contribution is -2.24. The van der Waals surface area contributed by atoms with Crippen LogP contribution in [0.5, 0.6) is 5.88 Å². The van der Waals surface area contributed by atoms with Crippen molar-refractivity contribution < 1.29 is 4.74 Å². The van der Waals surface area contributed by atoms with Gasteiger partial charge in [-0.2, -0.15) is 5.10 Å². The van der Waals surface area contributed by atoms with E-state index in [4.69, 9.17) is 4.74 Å². The molecule has 0 atom stereocenters. The van der Waals surface area contributed by atoms with Crippen LogP contribution in [0, 0.1) is 5.92 Å². The quantitative estimate of drug-likeness (QED) is 0.877. The summed E-state index contributed by atoms with van der Waals surface area (Å²) in [6.45, 7) is 5.36. The summed E-state index contributed by atoms with van der Waals surface area (Å²) in [6, 6.07) is 5.23. The highest BCUT2D eigenvalue weighted by Crippen LogP contribution is 2.14. The second kappa shape index (κ2) is 6.88. The molecule has 1 N–H and O–H groups in total. The molecular weight excluding hydrogens is 268 g/mol. The molecule has 2 aromatic heterocycles. The van der Waals surface area contributed by atoms with Crippen LogP contribution in [0.3, 0.4) is 0 Å². The van der Waals surface area contributed by atoms with Gasteiger partial charge in [-0.1, -0.05) is 19.9 Å². The normalized spacial score (nSPS) is 10.7. The first-order valence-corrected chi connectivity index (χ1v) is 6.89. The minimum atomic E-state index is -0.158. The average Bonchev–Trinajstić information content (AvgIpc) is 2.48. The van der Waals surface area contributed by atoms with Crippen LogP contribution in [0.25, 0.3) is 0 Å². The van der Waals surface area contributed by atoms with E-state index < -0.39 is 0 Å². The maximum absolute atomic E-state index is 12.1. The predicted octanol–water partition coefficient (Wildman–Crippen LogP) is 1.76. The molecule has 0 saturated carbocycles. The molecule has 21 heavy (non-hydrogen) atoms. The second-order valence-corrected chi connectivity index (χ2v) is 5.19. The van der Waals surface area contributed by atoms with Crippen LogP contribution >= 0.6 is 0 Å². The first kappa shape index (κ1) is 15.0. The van der Waals surface area contributed by atoms with E-state index in [0.717, 1.165) is 17.8 Å². The first-order chi connectivity index (χ1) is 10.1. The fraction of sp³-hybridized carbons (Fsp3) is 0.400. The van der Waals surface area contributed by atoms with E-state index >= 15 is 0 Å². The Labute approximate surface area is 123 Å². The molecule has 0 aromatic carbocycles. The van der Waals surface area contributed by atoms with Crippen LogP contribution in [0.15, 0.2) is 35.4 Å². The third kappa shape index (κ3) is 4.05. The van der Waals surface area contributed by atoms with Crippen molar-refractivity contribution in [3.63, 3.8) is 0 Å². The Morgan fingerprint density at radius 3 is 2.90 bits per heavy atom. The largest absolute Gasteiger partial charge is 0.481 e. The third-order valence-corrected chi connectivity index (χ3v) is 2.95. The Hall–Kier alpha value is -2.37. The van der Waals surface area contributed by atoms with E-state index in [1.807, 2.05) is 6.07 Å². The van der Waals surface area contributed by atoms with Gasteiger partial charge in [-0.05, 0) is 12.0 Å². The number of nitrogens with zero attached hydrogens (tertiary/aromatic N) is 3. The van der Waals surface area contributed by atoms with Crippen molar-refractivity contribution in [2.45, 2.75) is 20.4 Å². The first-order valence-electron chi connectivity index (χ1n) is 6.89. The van der Waals surface area contributed by atoms with Crippen molar-refractivity contribution >= 4 is 5.69 Å². The maximum Gasteiger partial charge on any atom is 0.269 e. The molecule has 0 aliphatic heterocycles. The zero-order valence-corrected chi connectivity index (χ0v) is 12.5. The number of anilines is 1. The topological polar surface area (TPSA) is 69.0 Å². The monoisotopic (exact) mass is 288 g/mol. The number of hydrogen-bond acceptors (Lipinski definition) is 5. The number of rotatable bonds is 6. The number of methoxy groups -OCH3 is 1. The highest BCUT2D eigenvalue weighted by atomic mass is 16.5. The predicted molar refractivity (Wildman–Crippen MR) is 81.7 cm³/mol. The van der Waals surface area contributed by atoms with Gasteiger partial charge in [-0.15, -0.1) is 0 Å². The zero-order valence-electron chi connectivity index (χ0n) is 12.5. The molecule has 0 unspecified atom stereocenters. The molecule has 0 aliphatic rings. The van der Waals surface area contributed by atoms with Gasteiger partial charge < -0.3 is 10.1 Å². The Balaban J connectivity index is 2.16. The van der Waals surface area contributed by atoms with E-state index in [-0.39, 0.29) is 5.56 Å². The molecular formula is C15H20N4O2. The van der Waals surface area contributed by atoms with Crippen LogP contribution in [0.4, 0.5) is 5.69 Å². The summed E-state index contributed by atoms with van der Waals surface area (Å²) in [5, 5.41) is 7.37. The Morgan fingerprint density at radius 1 is 1.43 bits per heavy atom. The molecule has 112 valence electrons. The SMILES string of the molecule is COc1ncccc1Cn1ncc(NCC(C)C)cc1=O. The molecule has 0 bridgehead atoms. The standard InChI is InChI=1S/C15H20N4O2/c1-11(2)8-17-13-7-14(20)19(18-9-13)10-12-5-4-6-16-15(12)21-3/h4-7,9,11,17H,8,10H2,1-3H3. The van der Waals surface area contributed by atoms with Crippen molar-refractivity contribution in [2.75, 3.05) is 19.0 Å². The van der Waals surface area contributed by atoms with Gasteiger partial charge in [0.2, 0.25) is 5.88 Å². The summed E-state index contributed by atoms with van der Waals surface area (Å²) >= 11 is 0. The van der Waals surface area contributed by atoms with Gasteiger partial charge in [0.1, 0.15) is 0 Å². The number of pyridine rings is 1. The number of nitrogens with one attached hydrogen (secondary N) is 1. The molecule has 0 spiro atoms. The minimum absolute atomic E-state index is 0.158. The lowest BCUT2D eigenvalue weighted by atomic mass is 10.2. The highest BCUT2D eigenvalue weighted by Gasteiger charge is 2.07. The van der Waals surface area contributed by atoms with Gasteiger partial charge >= 0.3 is 0 Å². The van der Waals surface area contributed by atoms with Crippen molar-refractivity contribution in [1.82, 2.24) is 14.8 Å². The Kier molecular flexibility index (Phi) is 4.92. The lowest BCUT2D eigenvalue weighted by Gasteiger charge is -2.11. The fourth-order valence-electron chi connectivity index (χ4n) is 1.86. The number of aromatic nitrogens is 3. The second-order valence-electron chi connectivity index (χ2n) is 5.19. The van der Waals surface area contributed by atoms with Gasteiger partial charge in [-0.25, -0.2) is 9.67 Å². The van der Waals surface area contributed by atoms with Crippen LogP contribution in [0.2, 0.25) is 0 Å². The summed E-state index contributed by atoms with van der Waals surface area (Å²) in [4.78, 5) is 16.2. The van der Waals surface area contributed by atoms with E-state index in [1.165, 1.54) is 4.68 Å². The Morgan fingerprint density at radius 2 is 2.24 bits per heavy atom. The molecule has 0 radical (unpaired) electrons. The average molecular weight is 288 g/mol. The smallest absolute Gasteiger partial charge is 0.269 e. The van der Waals surface area contributed by atoms with Crippen LogP contribution in [0.1, 0.15) is 19.4 Å². The number of hydrogen-bond donors (Lipinski definition) is 1. The Bertz CT molecular complexity index is 652. The van der Waals surface area contributed by atoms with Crippen LogP contribution < -0.4 is 15.6 Å². The van der Waals surface area contributed by atoms with Gasteiger partial charge in [-0.3, -0.25) is 4.79 Å². The molecule has 2 rings (SSSR count). The van der Waals surface area contributed by atoms with Crippen LogP contribution in [-0.4, -0.2) is 28.4 Å². The van der Waals surface area contributed by atoms with E-state index in [9.17, 15) is 4.79 Å². The van der Waals surface area contributed by atoms with E-state index in [1.54, 1.807) is 31.6 Å². The van der Waals surface area contributed by atoms with Crippen molar-refractivity contribution in [2.24, 2.45) is 5.92 Å².